The molecule has 0 aliphatic heterocycles. The molecule has 0 bridgehead atoms. The van der Waals surface area contributed by atoms with E-state index in [-0.39, 0.29) is 6.61 Å². The Balaban J connectivity index is 3.72. The number of hydrogen-bond acceptors (Lipinski definition) is 4. The van der Waals surface area contributed by atoms with Gasteiger partial charge < -0.3 is 9.47 Å². The molecule has 0 saturated heterocycles. The number of carbonyl (C=O) groups excluding carboxylic acids is 2. The van der Waals surface area contributed by atoms with Gasteiger partial charge in [0.25, 0.3) is 0 Å². The summed E-state index contributed by atoms with van der Waals surface area (Å²) in [5.74, 6) is -0.985. The lowest BCUT2D eigenvalue weighted by atomic mass is 10.4. The molecule has 1 atom stereocenters. The quantitative estimate of drug-likeness (QED) is 0.414. The van der Waals surface area contributed by atoms with Gasteiger partial charge in [-0.15, -0.1) is 0 Å². The van der Waals surface area contributed by atoms with Crippen LogP contribution < -0.4 is 0 Å². The second-order valence-corrected chi connectivity index (χ2v) is 3.57. The molecule has 0 aliphatic carbocycles. The zero-order chi connectivity index (χ0) is 11.0. The molecule has 0 rings (SSSR count). The first-order chi connectivity index (χ1) is 6.61. The highest BCUT2D eigenvalue weighted by atomic mass is 79.9. The molecule has 0 aromatic rings. The highest BCUT2D eigenvalue weighted by Crippen LogP contribution is 2.03. The number of carbonyl (C=O) groups is 2. The van der Waals surface area contributed by atoms with Crippen LogP contribution in [0.3, 0.4) is 0 Å². The van der Waals surface area contributed by atoms with E-state index in [1.54, 1.807) is 0 Å². The molecule has 0 saturated carbocycles. The maximum Gasteiger partial charge on any atom is 0.330 e. The van der Waals surface area contributed by atoms with Crippen LogP contribution in [0.4, 0.5) is 0 Å². The van der Waals surface area contributed by atoms with Crippen LogP contribution in [0.15, 0.2) is 12.7 Å². The SMILES string of the molecule is C=CC(=O)OCC(Br)C(=O)OCCC. The zero-order valence-corrected chi connectivity index (χ0v) is 9.58. The molecule has 0 N–H and O–H groups in total. The average Bonchev–Trinajstić information content (AvgIpc) is 2.21. The summed E-state index contributed by atoms with van der Waals surface area (Å²) in [5.41, 5.74) is 0. The molecule has 4 nitrogen and oxygen atoms in total. The van der Waals surface area contributed by atoms with Crippen molar-refractivity contribution in [3.8, 4) is 0 Å². The summed E-state index contributed by atoms with van der Waals surface area (Å²) < 4.78 is 9.47. The third-order valence-corrected chi connectivity index (χ3v) is 1.88. The summed E-state index contributed by atoms with van der Waals surface area (Å²) in [5, 5.41) is 0. The van der Waals surface area contributed by atoms with Gasteiger partial charge in [-0.1, -0.05) is 29.4 Å². The van der Waals surface area contributed by atoms with Crippen molar-refractivity contribution < 1.29 is 19.1 Å². The van der Waals surface area contributed by atoms with Crippen molar-refractivity contribution >= 4 is 27.9 Å². The number of esters is 2. The second-order valence-electron chi connectivity index (χ2n) is 2.47. The van der Waals surface area contributed by atoms with Crippen LogP contribution in [0.1, 0.15) is 13.3 Å². The molecular formula is C9H13BrO4. The van der Waals surface area contributed by atoms with Crippen LogP contribution in [0, 0.1) is 0 Å². The van der Waals surface area contributed by atoms with Crippen LogP contribution in [0.2, 0.25) is 0 Å². The van der Waals surface area contributed by atoms with Crippen LogP contribution in [0.25, 0.3) is 0 Å². The van der Waals surface area contributed by atoms with Crippen molar-refractivity contribution in [3.05, 3.63) is 12.7 Å². The van der Waals surface area contributed by atoms with Crippen LogP contribution in [-0.4, -0.2) is 30.0 Å². The number of ether oxygens (including phenoxy) is 2. The van der Waals surface area contributed by atoms with Gasteiger partial charge in [-0.3, -0.25) is 4.79 Å². The first-order valence-electron chi connectivity index (χ1n) is 4.21. The van der Waals surface area contributed by atoms with Crippen molar-refractivity contribution in [1.82, 2.24) is 0 Å². The molecule has 5 heteroatoms. The van der Waals surface area contributed by atoms with Crippen molar-refractivity contribution in [2.45, 2.75) is 18.2 Å². The Hall–Kier alpha value is -0.840. The van der Waals surface area contributed by atoms with E-state index in [0.717, 1.165) is 12.5 Å². The number of rotatable bonds is 6. The first-order valence-corrected chi connectivity index (χ1v) is 5.13. The summed E-state index contributed by atoms with van der Waals surface area (Å²) >= 11 is 3.05. The maximum atomic E-state index is 11.1. The van der Waals surface area contributed by atoms with Gasteiger partial charge in [0.1, 0.15) is 11.4 Å². The molecule has 0 radical (unpaired) electrons. The minimum Gasteiger partial charge on any atom is -0.465 e. The Morgan fingerprint density at radius 1 is 1.50 bits per heavy atom. The Bertz CT molecular complexity index is 215. The molecule has 1 unspecified atom stereocenters. The normalized spacial score (nSPS) is 11.6. The molecule has 0 heterocycles. The van der Waals surface area contributed by atoms with Gasteiger partial charge >= 0.3 is 11.9 Å². The van der Waals surface area contributed by atoms with Gasteiger partial charge in [0.2, 0.25) is 0 Å². The molecule has 0 fully saturated rings. The highest BCUT2D eigenvalue weighted by Gasteiger charge is 2.17. The van der Waals surface area contributed by atoms with E-state index < -0.39 is 16.8 Å². The summed E-state index contributed by atoms with van der Waals surface area (Å²) in [4.78, 5) is 21.1. The number of halogens is 1. The topological polar surface area (TPSA) is 52.6 Å². The molecule has 0 amide bonds. The average molecular weight is 265 g/mol. The lowest BCUT2D eigenvalue weighted by molar-refractivity contribution is -0.146. The predicted molar refractivity (Wildman–Crippen MR) is 55.1 cm³/mol. The lowest BCUT2D eigenvalue weighted by Crippen LogP contribution is -2.24. The van der Waals surface area contributed by atoms with Gasteiger partial charge in [-0.2, -0.15) is 0 Å². The predicted octanol–water partition coefficient (Wildman–Crippen LogP) is 1.43. The molecule has 80 valence electrons. The van der Waals surface area contributed by atoms with Gasteiger partial charge in [-0.05, 0) is 6.42 Å². The Morgan fingerprint density at radius 2 is 2.14 bits per heavy atom. The fourth-order valence-electron chi connectivity index (χ4n) is 0.575. The molecule has 0 spiro atoms. The summed E-state index contributed by atoms with van der Waals surface area (Å²) in [6, 6.07) is 0. The van der Waals surface area contributed by atoms with Crippen LogP contribution in [-0.2, 0) is 19.1 Å². The standard InChI is InChI=1S/C9H13BrO4/c1-3-5-13-9(12)7(10)6-14-8(11)4-2/h4,7H,2-3,5-6H2,1H3. The van der Waals surface area contributed by atoms with Crippen LogP contribution in [0.5, 0.6) is 0 Å². The first kappa shape index (κ1) is 13.2. The number of hydrogen-bond donors (Lipinski definition) is 0. The third kappa shape index (κ3) is 5.75. The van der Waals surface area contributed by atoms with E-state index in [2.05, 4.69) is 27.2 Å². The maximum absolute atomic E-state index is 11.1. The molecule has 0 aromatic carbocycles. The summed E-state index contributed by atoms with van der Waals surface area (Å²) in [6.45, 7) is 5.45. The number of alkyl halides is 1. The molecular weight excluding hydrogens is 252 g/mol. The minimum absolute atomic E-state index is 0.0482. The van der Waals surface area contributed by atoms with E-state index in [4.69, 9.17) is 4.74 Å². The Labute approximate surface area is 91.4 Å². The lowest BCUT2D eigenvalue weighted by Gasteiger charge is -2.08. The monoisotopic (exact) mass is 264 g/mol. The summed E-state index contributed by atoms with van der Waals surface area (Å²) in [7, 11) is 0. The fourth-order valence-corrected chi connectivity index (χ4v) is 0.840. The van der Waals surface area contributed by atoms with Gasteiger partial charge in [0, 0.05) is 6.08 Å². The molecule has 0 aliphatic rings. The van der Waals surface area contributed by atoms with Crippen LogP contribution >= 0.6 is 15.9 Å². The van der Waals surface area contributed by atoms with E-state index in [9.17, 15) is 9.59 Å². The van der Waals surface area contributed by atoms with E-state index in [1.807, 2.05) is 6.92 Å². The third-order valence-electron chi connectivity index (χ3n) is 1.24. The van der Waals surface area contributed by atoms with Crippen molar-refractivity contribution in [2.24, 2.45) is 0 Å². The van der Waals surface area contributed by atoms with E-state index >= 15 is 0 Å². The second kappa shape index (κ2) is 7.55. The Kier molecular flexibility index (Phi) is 7.10. The largest absolute Gasteiger partial charge is 0.465 e. The Morgan fingerprint density at radius 3 is 2.64 bits per heavy atom. The van der Waals surface area contributed by atoms with Crippen molar-refractivity contribution in [3.63, 3.8) is 0 Å². The van der Waals surface area contributed by atoms with Crippen molar-refractivity contribution in [1.29, 1.82) is 0 Å². The van der Waals surface area contributed by atoms with Crippen molar-refractivity contribution in [2.75, 3.05) is 13.2 Å². The minimum atomic E-state index is -0.613. The fraction of sp³-hybridized carbons (Fsp3) is 0.556. The van der Waals surface area contributed by atoms with E-state index in [1.165, 1.54) is 0 Å². The smallest absolute Gasteiger partial charge is 0.330 e. The zero-order valence-electron chi connectivity index (χ0n) is 7.99. The summed E-state index contributed by atoms with van der Waals surface area (Å²) in [6.07, 6.45) is 1.80. The van der Waals surface area contributed by atoms with Gasteiger partial charge in [0.05, 0.1) is 6.61 Å². The van der Waals surface area contributed by atoms with Gasteiger partial charge in [0.15, 0.2) is 0 Å². The van der Waals surface area contributed by atoms with E-state index in [0.29, 0.717) is 6.61 Å². The highest BCUT2D eigenvalue weighted by molar-refractivity contribution is 9.10. The van der Waals surface area contributed by atoms with Gasteiger partial charge in [-0.25, -0.2) is 4.79 Å². The molecule has 14 heavy (non-hydrogen) atoms. The molecule has 0 aromatic heterocycles.